The molecule has 0 atom stereocenters. The van der Waals surface area contributed by atoms with Gasteiger partial charge in [-0.25, -0.2) is 4.68 Å². The number of aromatic nitrogens is 4. The highest BCUT2D eigenvalue weighted by Gasteiger charge is 2.11. The van der Waals surface area contributed by atoms with Gasteiger partial charge in [0.25, 0.3) is 0 Å². The summed E-state index contributed by atoms with van der Waals surface area (Å²) in [5.74, 6) is 0.137. The summed E-state index contributed by atoms with van der Waals surface area (Å²) in [5, 5.41) is 10.9. The lowest BCUT2D eigenvalue weighted by Gasteiger charge is -2.20. The molecule has 0 unspecified atom stereocenters. The normalized spacial score (nSPS) is 11.0. The van der Waals surface area contributed by atoms with Crippen molar-refractivity contribution >= 4 is 5.91 Å². The van der Waals surface area contributed by atoms with Crippen molar-refractivity contribution in [3.05, 3.63) is 41.7 Å². The van der Waals surface area contributed by atoms with Crippen LogP contribution in [0, 0.1) is 0 Å². The first-order chi connectivity index (χ1) is 11.1. The Kier molecular flexibility index (Phi) is 6.22. The van der Waals surface area contributed by atoms with E-state index in [0.29, 0.717) is 19.5 Å². The third-order valence-corrected chi connectivity index (χ3v) is 3.61. The van der Waals surface area contributed by atoms with E-state index in [9.17, 15) is 4.79 Å². The molecule has 1 aromatic heterocycles. The van der Waals surface area contributed by atoms with Gasteiger partial charge in [-0.1, -0.05) is 24.3 Å². The molecule has 0 aliphatic rings. The van der Waals surface area contributed by atoms with Crippen molar-refractivity contribution in [3.63, 3.8) is 0 Å². The molecule has 0 aliphatic heterocycles. The average Bonchev–Trinajstić information content (AvgIpc) is 3.02. The molecule has 1 amide bonds. The molecule has 0 aliphatic carbocycles. The van der Waals surface area contributed by atoms with Crippen molar-refractivity contribution in [3.8, 4) is 0 Å². The number of rotatable bonds is 8. The highest BCUT2D eigenvalue weighted by molar-refractivity contribution is 5.75. The summed E-state index contributed by atoms with van der Waals surface area (Å²) in [4.78, 5) is 16.2. The number of amides is 1. The summed E-state index contributed by atoms with van der Waals surface area (Å²) >= 11 is 0. The molecule has 0 spiro atoms. The standard InChI is InChI=1S/C16H24N6O/c1-20(2)11-14-7-4-5-8-15(14)12-21(3)16(23)9-6-10-22-13-17-18-19-22/h4-5,7-8,13H,6,9-12H2,1-3H3. The number of nitrogens with zero attached hydrogens (tertiary/aromatic N) is 6. The lowest BCUT2D eigenvalue weighted by molar-refractivity contribution is -0.130. The first-order valence-corrected chi connectivity index (χ1v) is 7.72. The van der Waals surface area contributed by atoms with E-state index in [1.54, 1.807) is 15.9 Å². The Labute approximate surface area is 136 Å². The van der Waals surface area contributed by atoms with E-state index in [1.165, 1.54) is 11.1 Å². The minimum atomic E-state index is 0.137. The maximum absolute atomic E-state index is 12.3. The summed E-state index contributed by atoms with van der Waals surface area (Å²) in [7, 11) is 5.95. The van der Waals surface area contributed by atoms with Gasteiger partial charge in [0.2, 0.25) is 5.91 Å². The van der Waals surface area contributed by atoms with Crippen LogP contribution in [0.5, 0.6) is 0 Å². The third kappa shape index (κ3) is 5.45. The van der Waals surface area contributed by atoms with E-state index < -0.39 is 0 Å². The molecule has 1 heterocycles. The van der Waals surface area contributed by atoms with Gasteiger partial charge in [-0.2, -0.15) is 0 Å². The Hall–Kier alpha value is -2.28. The Morgan fingerprint density at radius 1 is 1.13 bits per heavy atom. The molecule has 2 rings (SSSR count). The number of hydrogen-bond donors (Lipinski definition) is 0. The summed E-state index contributed by atoms with van der Waals surface area (Å²) in [5.41, 5.74) is 2.45. The van der Waals surface area contributed by atoms with Crippen LogP contribution in [0.2, 0.25) is 0 Å². The highest BCUT2D eigenvalue weighted by atomic mass is 16.2. The van der Waals surface area contributed by atoms with Crippen LogP contribution in [0.3, 0.4) is 0 Å². The van der Waals surface area contributed by atoms with Crippen LogP contribution in [0.25, 0.3) is 0 Å². The van der Waals surface area contributed by atoms with Crippen molar-refractivity contribution in [2.75, 3.05) is 21.1 Å². The van der Waals surface area contributed by atoms with Crippen LogP contribution in [0.4, 0.5) is 0 Å². The number of tetrazole rings is 1. The maximum atomic E-state index is 12.3. The topological polar surface area (TPSA) is 67.2 Å². The SMILES string of the molecule is CN(C)Cc1ccccc1CN(C)C(=O)CCCn1cnnn1. The van der Waals surface area contributed by atoms with Crippen LogP contribution in [0.15, 0.2) is 30.6 Å². The first-order valence-electron chi connectivity index (χ1n) is 7.72. The molecule has 124 valence electrons. The summed E-state index contributed by atoms with van der Waals surface area (Å²) < 4.78 is 1.64. The van der Waals surface area contributed by atoms with Crippen LogP contribution in [-0.4, -0.2) is 57.1 Å². The number of carbonyl (C=O) groups excluding carboxylic acids is 1. The number of carbonyl (C=O) groups is 1. The van der Waals surface area contributed by atoms with Gasteiger partial charge in [-0.05, 0) is 42.1 Å². The smallest absolute Gasteiger partial charge is 0.222 e. The minimum absolute atomic E-state index is 0.137. The molecule has 0 fully saturated rings. The van der Waals surface area contributed by atoms with Gasteiger partial charge >= 0.3 is 0 Å². The fourth-order valence-electron chi connectivity index (χ4n) is 2.42. The Bertz CT molecular complexity index is 611. The van der Waals surface area contributed by atoms with Gasteiger partial charge in [0.1, 0.15) is 6.33 Å². The van der Waals surface area contributed by atoms with Crippen molar-refractivity contribution in [1.29, 1.82) is 0 Å². The Morgan fingerprint density at radius 2 is 1.83 bits per heavy atom. The second kappa shape index (κ2) is 8.38. The summed E-state index contributed by atoms with van der Waals surface area (Å²) in [6.07, 6.45) is 2.78. The number of benzene rings is 1. The molecule has 0 saturated carbocycles. The van der Waals surface area contributed by atoms with Crippen molar-refractivity contribution < 1.29 is 4.79 Å². The second-order valence-electron chi connectivity index (χ2n) is 5.93. The van der Waals surface area contributed by atoms with Gasteiger partial charge in [0.15, 0.2) is 0 Å². The third-order valence-electron chi connectivity index (χ3n) is 3.61. The summed E-state index contributed by atoms with van der Waals surface area (Å²) in [6.45, 7) is 2.16. The molecule has 0 saturated heterocycles. The predicted molar refractivity (Wildman–Crippen MR) is 87.4 cm³/mol. The highest BCUT2D eigenvalue weighted by Crippen LogP contribution is 2.13. The van der Waals surface area contributed by atoms with Crippen molar-refractivity contribution in [2.45, 2.75) is 32.5 Å². The number of hydrogen-bond acceptors (Lipinski definition) is 5. The molecular formula is C16H24N6O. The van der Waals surface area contributed by atoms with Crippen LogP contribution < -0.4 is 0 Å². The molecule has 0 bridgehead atoms. The van der Waals surface area contributed by atoms with Crippen molar-refractivity contribution in [1.82, 2.24) is 30.0 Å². The Morgan fingerprint density at radius 3 is 2.43 bits per heavy atom. The van der Waals surface area contributed by atoms with Crippen LogP contribution >= 0.6 is 0 Å². The van der Waals surface area contributed by atoms with E-state index in [2.05, 4.69) is 32.6 Å². The largest absolute Gasteiger partial charge is 0.341 e. The van der Waals surface area contributed by atoms with Gasteiger partial charge in [0.05, 0.1) is 0 Å². The van der Waals surface area contributed by atoms with Crippen LogP contribution in [-0.2, 0) is 24.4 Å². The monoisotopic (exact) mass is 316 g/mol. The second-order valence-corrected chi connectivity index (χ2v) is 5.93. The van der Waals surface area contributed by atoms with E-state index in [0.717, 1.165) is 13.0 Å². The minimum Gasteiger partial charge on any atom is -0.341 e. The van der Waals surface area contributed by atoms with Crippen molar-refractivity contribution in [2.24, 2.45) is 0 Å². The Balaban J connectivity index is 1.85. The van der Waals surface area contributed by atoms with Gasteiger partial charge < -0.3 is 9.80 Å². The first kappa shape index (κ1) is 17.1. The maximum Gasteiger partial charge on any atom is 0.222 e. The zero-order valence-electron chi connectivity index (χ0n) is 14.0. The van der Waals surface area contributed by atoms with E-state index in [-0.39, 0.29) is 5.91 Å². The zero-order chi connectivity index (χ0) is 16.7. The number of aryl methyl sites for hydroxylation is 1. The molecular weight excluding hydrogens is 292 g/mol. The predicted octanol–water partition coefficient (Wildman–Crippen LogP) is 1.17. The fraction of sp³-hybridized carbons (Fsp3) is 0.500. The van der Waals surface area contributed by atoms with E-state index in [1.807, 2.05) is 33.3 Å². The van der Waals surface area contributed by atoms with E-state index >= 15 is 0 Å². The molecule has 7 heteroatoms. The molecule has 2 aromatic rings. The molecule has 23 heavy (non-hydrogen) atoms. The molecule has 0 N–H and O–H groups in total. The lowest BCUT2D eigenvalue weighted by atomic mass is 10.1. The molecule has 0 radical (unpaired) electrons. The fourth-order valence-corrected chi connectivity index (χ4v) is 2.42. The van der Waals surface area contributed by atoms with Crippen LogP contribution in [0.1, 0.15) is 24.0 Å². The lowest BCUT2D eigenvalue weighted by Crippen LogP contribution is -2.27. The van der Waals surface area contributed by atoms with E-state index in [4.69, 9.17) is 0 Å². The quantitative estimate of drug-likeness (QED) is 0.731. The molecule has 1 aromatic carbocycles. The zero-order valence-corrected chi connectivity index (χ0v) is 14.0. The molecule has 7 nitrogen and oxygen atoms in total. The summed E-state index contributed by atoms with van der Waals surface area (Å²) in [6, 6.07) is 8.26. The van der Waals surface area contributed by atoms with Gasteiger partial charge in [0, 0.05) is 33.1 Å². The average molecular weight is 316 g/mol. The van der Waals surface area contributed by atoms with Gasteiger partial charge in [-0.3, -0.25) is 4.79 Å². The van der Waals surface area contributed by atoms with Gasteiger partial charge in [-0.15, -0.1) is 5.10 Å².